The summed E-state index contributed by atoms with van der Waals surface area (Å²) in [5.74, 6) is -0.693. The molecule has 1 heterocycles. The van der Waals surface area contributed by atoms with Crippen molar-refractivity contribution in [1.29, 1.82) is 0 Å². The molecule has 1 aromatic heterocycles. The van der Waals surface area contributed by atoms with E-state index >= 15 is 0 Å². The van der Waals surface area contributed by atoms with Gasteiger partial charge in [-0.1, -0.05) is 23.2 Å². The van der Waals surface area contributed by atoms with Crippen LogP contribution in [0.15, 0.2) is 6.07 Å². The number of aliphatic hydroxyl groups is 1. The summed E-state index contributed by atoms with van der Waals surface area (Å²) in [6, 6.07) is 1.45. The molecule has 1 aromatic rings. The highest BCUT2D eigenvalue weighted by Gasteiger charge is 2.21. The number of halogens is 2. The summed E-state index contributed by atoms with van der Waals surface area (Å²) in [5.41, 5.74) is 0. The molecule has 0 saturated heterocycles. The Bertz CT molecular complexity index is 318. The lowest BCUT2D eigenvalue weighted by Gasteiger charge is -2.06. The van der Waals surface area contributed by atoms with E-state index in [1.165, 1.54) is 6.07 Å². The van der Waals surface area contributed by atoms with Gasteiger partial charge in [0.15, 0.2) is 6.10 Å². The van der Waals surface area contributed by atoms with E-state index in [1.54, 1.807) is 6.92 Å². The fourth-order valence-electron chi connectivity index (χ4n) is 0.835. The minimum Gasteiger partial charge on any atom is -0.464 e. The van der Waals surface area contributed by atoms with Crippen molar-refractivity contribution in [3.8, 4) is 0 Å². The second-order valence-corrected chi connectivity index (χ2v) is 4.52. The summed E-state index contributed by atoms with van der Waals surface area (Å²) in [7, 11) is 0. The molecule has 0 spiro atoms. The molecule has 0 saturated carbocycles. The molecule has 0 aliphatic carbocycles. The summed E-state index contributed by atoms with van der Waals surface area (Å²) in [4.78, 5) is 11.5. The van der Waals surface area contributed by atoms with Crippen LogP contribution in [0.1, 0.15) is 17.9 Å². The Kier molecular flexibility index (Phi) is 4.19. The first-order valence-electron chi connectivity index (χ1n) is 3.85. The lowest BCUT2D eigenvalue weighted by molar-refractivity contribution is -0.153. The Morgan fingerprint density at radius 3 is 2.79 bits per heavy atom. The summed E-state index contributed by atoms with van der Waals surface area (Å²) >= 11 is 12.4. The third-order valence-corrected chi connectivity index (χ3v) is 3.36. The van der Waals surface area contributed by atoms with Crippen molar-refractivity contribution in [2.24, 2.45) is 0 Å². The highest BCUT2D eigenvalue weighted by atomic mass is 35.5. The third kappa shape index (κ3) is 2.60. The van der Waals surface area contributed by atoms with Crippen LogP contribution in [0, 0.1) is 0 Å². The third-order valence-electron chi connectivity index (χ3n) is 1.44. The summed E-state index contributed by atoms with van der Waals surface area (Å²) < 4.78 is 4.99. The van der Waals surface area contributed by atoms with E-state index in [1.807, 2.05) is 0 Å². The number of rotatable bonds is 3. The van der Waals surface area contributed by atoms with Gasteiger partial charge in [0.25, 0.3) is 0 Å². The molecule has 1 N–H and O–H groups in total. The maximum atomic E-state index is 11.1. The van der Waals surface area contributed by atoms with Gasteiger partial charge in [-0.2, -0.15) is 0 Å². The molecule has 0 amide bonds. The molecule has 14 heavy (non-hydrogen) atoms. The van der Waals surface area contributed by atoms with Crippen LogP contribution < -0.4 is 0 Å². The number of esters is 1. The van der Waals surface area contributed by atoms with E-state index in [0.717, 1.165) is 11.3 Å². The van der Waals surface area contributed by atoms with Crippen LogP contribution in [0.3, 0.4) is 0 Å². The number of hydrogen-bond donors (Lipinski definition) is 1. The van der Waals surface area contributed by atoms with E-state index < -0.39 is 12.1 Å². The second-order valence-electron chi connectivity index (χ2n) is 2.42. The number of carbonyl (C=O) groups is 1. The van der Waals surface area contributed by atoms with Crippen molar-refractivity contribution in [3.05, 3.63) is 20.3 Å². The molecule has 3 nitrogen and oxygen atoms in total. The van der Waals surface area contributed by atoms with Gasteiger partial charge in [-0.3, -0.25) is 0 Å². The van der Waals surface area contributed by atoms with Crippen LogP contribution in [-0.2, 0) is 9.53 Å². The van der Waals surface area contributed by atoms with E-state index in [2.05, 4.69) is 4.74 Å². The Balaban J connectivity index is 2.78. The first kappa shape index (κ1) is 11.8. The zero-order valence-electron chi connectivity index (χ0n) is 7.29. The molecular formula is C8H8Cl2O3S. The predicted molar refractivity (Wildman–Crippen MR) is 55.9 cm³/mol. The monoisotopic (exact) mass is 254 g/mol. The van der Waals surface area contributed by atoms with Gasteiger partial charge >= 0.3 is 5.97 Å². The van der Waals surface area contributed by atoms with Crippen molar-refractivity contribution in [1.82, 2.24) is 0 Å². The first-order valence-corrected chi connectivity index (χ1v) is 5.43. The minimum atomic E-state index is -1.30. The molecule has 1 unspecified atom stereocenters. The van der Waals surface area contributed by atoms with Gasteiger partial charge in [0.2, 0.25) is 0 Å². The van der Waals surface area contributed by atoms with Gasteiger partial charge < -0.3 is 9.84 Å². The Hall–Kier alpha value is -0.290. The fourth-order valence-corrected chi connectivity index (χ4v) is 2.20. The summed E-state index contributed by atoms with van der Waals surface area (Å²) in [6.07, 6.45) is -1.30. The molecule has 0 radical (unpaired) electrons. The highest BCUT2D eigenvalue weighted by Crippen LogP contribution is 2.35. The van der Waals surface area contributed by atoms with Crippen molar-refractivity contribution in [3.63, 3.8) is 0 Å². The number of hydrogen-bond acceptors (Lipinski definition) is 4. The Morgan fingerprint density at radius 1 is 1.71 bits per heavy atom. The van der Waals surface area contributed by atoms with Gasteiger partial charge in [0, 0.05) is 4.88 Å². The largest absolute Gasteiger partial charge is 0.464 e. The zero-order valence-corrected chi connectivity index (χ0v) is 9.62. The van der Waals surface area contributed by atoms with Crippen molar-refractivity contribution >= 4 is 40.5 Å². The lowest BCUT2D eigenvalue weighted by atomic mass is 10.3. The summed E-state index contributed by atoms with van der Waals surface area (Å²) in [5, 5.41) is 9.81. The smallest absolute Gasteiger partial charge is 0.340 e. The van der Waals surface area contributed by atoms with Gasteiger partial charge in [-0.25, -0.2) is 4.79 Å². The van der Waals surface area contributed by atoms with Gasteiger partial charge in [-0.05, 0) is 13.0 Å². The predicted octanol–water partition coefficient (Wildman–Crippen LogP) is 2.65. The minimum absolute atomic E-state index is 0.225. The van der Waals surface area contributed by atoms with E-state index in [0.29, 0.717) is 14.2 Å². The molecule has 78 valence electrons. The van der Waals surface area contributed by atoms with Crippen LogP contribution in [0.4, 0.5) is 0 Å². The van der Waals surface area contributed by atoms with Crippen molar-refractivity contribution in [2.75, 3.05) is 6.61 Å². The van der Waals surface area contributed by atoms with Gasteiger partial charge in [0.1, 0.15) is 4.34 Å². The summed E-state index contributed by atoms with van der Waals surface area (Å²) in [6.45, 7) is 1.89. The fraction of sp³-hybridized carbons (Fsp3) is 0.375. The Morgan fingerprint density at radius 2 is 2.36 bits per heavy atom. The normalized spacial score (nSPS) is 12.6. The SMILES string of the molecule is CCOC(=O)C(O)c1cc(Cl)c(Cl)s1. The number of aliphatic hydroxyl groups excluding tert-OH is 1. The molecule has 0 bridgehead atoms. The van der Waals surface area contributed by atoms with Crippen LogP contribution in [-0.4, -0.2) is 17.7 Å². The quantitative estimate of drug-likeness (QED) is 0.844. The first-order chi connectivity index (χ1) is 6.56. The van der Waals surface area contributed by atoms with Crippen LogP contribution in [0.25, 0.3) is 0 Å². The van der Waals surface area contributed by atoms with E-state index in [-0.39, 0.29) is 6.61 Å². The molecule has 0 aromatic carbocycles. The topological polar surface area (TPSA) is 46.5 Å². The molecule has 1 atom stereocenters. The van der Waals surface area contributed by atoms with Crippen LogP contribution >= 0.6 is 34.5 Å². The van der Waals surface area contributed by atoms with Crippen LogP contribution in [0.5, 0.6) is 0 Å². The molecule has 0 aliphatic rings. The maximum Gasteiger partial charge on any atom is 0.340 e. The number of carbonyl (C=O) groups excluding carboxylic acids is 1. The van der Waals surface area contributed by atoms with Gasteiger partial charge in [0.05, 0.1) is 11.6 Å². The van der Waals surface area contributed by atoms with E-state index in [4.69, 9.17) is 23.2 Å². The average molecular weight is 255 g/mol. The molecule has 0 fully saturated rings. The van der Waals surface area contributed by atoms with E-state index in [9.17, 15) is 9.90 Å². The molecule has 0 aliphatic heterocycles. The van der Waals surface area contributed by atoms with Crippen molar-refractivity contribution in [2.45, 2.75) is 13.0 Å². The Labute approximate surface area is 95.2 Å². The van der Waals surface area contributed by atoms with Gasteiger partial charge in [-0.15, -0.1) is 11.3 Å². The zero-order chi connectivity index (χ0) is 10.7. The maximum absolute atomic E-state index is 11.1. The average Bonchev–Trinajstić information content (AvgIpc) is 2.46. The molecule has 1 rings (SSSR count). The molecular weight excluding hydrogens is 247 g/mol. The number of ether oxygens (including phenoxy) is 1. The van der Waals surface area contributed by atoms with Crippen molar-refractivity contribution < 1.29 is 14.6 Å². The second kappa shape index (κ2) is 4.98. The number of thiophene rings is 1. The van der Waals surface area contributed by atoms with Crippen LogP contribution in [0.2, 0.25) is 9.36 Å². The standard InChI is InChI=1S/C8H8Cl2O3S/c1-2-13-8(12)6(11)5-3-4(9)7(10)14-5/h3,6,11H,2H2,1H3. The lowest BCUT2D eigenvalue weighted by Crippen LogP contribution is -2.14. The molecule has 6 heteroatoms. The highest BCUT2D eigenvalue weighted by molar-refractivity contribution is 7.17.